The minimum Gasteiger partial charge on any atom is -0.337 e. The highest BCUT2D eigenvalue weighted by atomic mass is 19.4. The van der Waals surface area contributed by atoms with Gasteiger partial charge in [-0.05, 0) is 41.9 Å². The lowest BCUT2D eigenvalue weighted by Crippen LogP contribution is -2.43. The molecule has 0 unspecified atom stereocenters. The molecule has 0 atom stereocenters. The maximum atomic E-state index is 14.0. The SMILES string of the molecule is CC(C)CC(=O)N1CC2=C(C1)C(C(=O)N1CCC(c3ccc(F)c(F)c3C(F)(F)F)CC1)=NC2. The molecule has 0 aliphatic carbocycles. The molecule has 1 saturated heterocycles. The summed E-state index contributed by atoms with van der Waals surface area (Å²) in [5.74, 6) is -4.12. The molecule has 5 nitrogen and oxygen atoms in total. The number of alkyl halides is 3. The van der Waals surface area contributed by atoms with Crippen molar-refractivity contribution in [3.63, 3.8) is 0 Å². The van der Waals surface area contributed by atoms with Crippen molar-refractivity contribution in [3.05, 3.63) is 46.0 Å². The van der Waals surface area contributed by atoms with E-state index in [9.17, 15) is 31.5 Å². The summed E-state index contributed by atoms with van der Waals surface area (Å²) in [6.07, 6.45) is -4.20. The second-order valence-electron chi connectivity index (χ2n) is 9.48. The van der Waals surface area contributed by atoms with E-state index >= 15 is 0 Å². The number of likely N-dealkylation sites (tertiary alicyclic amines) is 1. The predicted octanol–water partition coefficient (Wildman–Crippen LogP) is 4.33. The van der Waals surface area contributed by atoms with Crippen LogP contribution in [0.15, 0.2) is 28.3 Å². The number of aliphatic imine (C=N–C) groups is 1. The Balaban J connectivity index is 1.42. The number of amides is 2. The third-order valence-corrected chi connectivity index (χ3v) is 6.64. The zero-order chi connectivity index (χ0) is 24.8. The maximum absolute atomic E-state index is 14.0. The van der Waals surface area contributed by atoms with E-state index in [1.807, 2.05) is 13.8 Å². The lowest BCUT2D eigenvalue weighted by Gasteiger charge is -2.33. The Morgan fingerprint density at radius 2 is 1.76 bits per heavy atom. The van der Waals surface area contributed by atoms with Crippen LogP contribution in [0.5, 0.6) is 0 Å². The first-order chi connectivity index (χ1) is 16.0. The van der Waals surface area contributed by atoms with E-state index in [1.165, 1.54) is 4.90 Å². The predicted molar refractivity (Wildman–Crippen MR) is 115 cm³/mol. The van der Waals surface area contributed by atoms with E-state index in [2.05, 4.69) is 4.99 Å². The highest BCUT2D eigenvalue weighted by molar-refractivity contribution is 6.46. The van der Waals surface area contributed by atoms with Crippen molar-refractivity contribution in [1.29, 1.82) is 0 Å². The zero-order valence-corrected chi connectivity index (χ0v) is 19.0. The van der Waals surface area contributed by atoms with Crippen LogP contribution in [-0.4, -0.2) is 60.0 Å². The fourth-order valence-electron chi connectivity index (χ4n) is 4.93. The second kappa shape index (κ2) is 9.11. The van der Waals surface area contributed by atoms with Gasteiger partial charge in [0.15, 0.2) is 11.6 Å². The molecule has 0 radical (unpaired) electrons. The standard InChI is InChI=1S/C24H26F5N3O2/c1-13(2)9-19(33)32-11-15-10-30-22(17(15)12-32)23(34)31-7-5-14(6-8-31)16-3-4-18(25)21(26)20(16)24(27,28)29/h3-4,13-14H,5-12H2,1-2H3. The Hall–Kier alpha value is -2.78. The first-order valence-corrected chi connectivity index (χ1v) is 11.3. The van der Waals surface area contributed by atoms with Gasteiger partial charge in [-0.25, -0.2) is 8.78 Å². The van der Waals surface area contributed by atoms with E-state index in [0.717, 1.165) is 17.2 Å². The van der Waals surface area contributed by atoms with Crippen LogP contribution in [0, 0.1) is 17.6 Å². The third-order valence-electron chi connectivity index (χ3n) is 6.64. The third kappa shape index (κ3) is 4.59. The summed E-state index contributed by atoms with van der Waals surface area (Å²) < 4.78 is 67.7. The van der Waals surface area contributed by atoms with Gasteiger partial charge in [0.1, 0.15) is 5.71 Å². The highest BCUT2D eigenvalue weighted by Gasteiger charge is 2.41. The molecule has 3 aliphatic rings. The fourth-order valence-corrected chi connectivity index (χ4v) is 4.93. The summed E-state index contributed by atoms with van der Waals surface area (Å²) in [5, 5.41) is 0. The van der Waals surface area contributed by atoms with Gasteiger partial charge in [-0.15, -0.1) is 0 Å². The van der Waals surface area contributed by atoms with Gasteiger partial charge in [-0.1, -0.05) is 19.9 Å². The van der Waals surface area contributed by atoms with Crippen molar-refractivity contribution in [2.45, 2.75) is 45.2 Å². The summed E-state index contributed by atoms with van der Waals surface area (Å²) in [6, 6.07) is 1.70. The van der Waals surface area contributed by atoms with Crippen molar-refractivity contribution < 1.29 is 31.5 Å². The Morgan fingerprint density at radius 3 is 2.38 bits per heavy atom. The van der Waals surface area contributed by atoms with E-state index in [-0.39, 0.29) is 49.2 Å². The fraction of sp³-hybridized carbons (Fsp3) is 0.542. The lowest BCUT2D eigenvalue weighted by atomic mass is 9.85. The van der Waals surface area contributed by atoms with Crippen LogP contribution in [-0.2, 0) is 15.8 Å². The minimum atomic E-state index is -5.02. The van der Waals surface area contributed by atoms with Gasteiger partial charge in [0, 0.05) is 38.2 Å². The van der Waals surface area contributed by atoms with E-state index in [4.69, 9.17) is 0 Å². The van der Waals surface area contributed by atoms with Crippen molar-refractivity contribution in [1.82, 2.24) is 9.80 Å². The number of carbonyl (C=O) groups excluding carboxylic acids is 2. The average molecular weight is 483 g/mol. The van der Waals surface area contributed by atoms with Gasteiger partial charge in [-0.3, -0.25) is 14.6 Å². The zero-order valence-electron chi connectivity index (χ0n) is 19.0. The lowest BCUT2D eigenvalue weighted by molar-refractivity contribution is -0.141. The van der Waals surface area contributed by atoms with Crippen LogP contribution < -0.4 is 0 Å². The Bertz CT molecular complexity index is 1070. The summed E-state index contributed by atoms with van der Waals surface area (Å²) in [6.45, 7) is 5.45. The molecule has 10 heteroatoms. The van der Waals surface area contributed by atoms with Crippen LogP contribution in [0.1, 0.15) is 50.2 Å². The highest BCUT2D eigenvalue weighted by Crippen LogP contribution is 2.41. The van der Waals surface area contributed by atoms with E-state index in [0.29, 0.717) is 37.8 Å². The number of hydrogen-bond donors (Lipinski definition) is 0. The van der Waals surface area contributed by atoms with Crippen LogP contribution in [0.2, 0.25) is 0 Å². The quantitative estimate of drug-likeness (QED) is 0.599. The molecule has 3 aliphatic heterocycles. The van der Waals surface area contributed by atoms with E-state index < -0.39 is 29.3 Å². The largest absolute Gasteiger partial charge is 0.419 e. The molecule has 0 bridgehead atoms. The molecular weight excluding hydrogens is 457 g/mol. The Morgan fingerprint density at radius 1 is 1.09 bits per heavy atom. The summed E-state index contributed by atoms with van der Waals surface area (Å²) >= 11 is 0. The molecule has 0 spiro atoms. The van der Waals surface area contributed by atoms with Gasteiger partial charge >= 0.3 is 6.18 Å². The van der Waals surface area contributed by atoms with Gasteiger partial charge in [0.2, 0.25) is 5.91 Å². The van der Waals surface area contributed by atoms with E-state index in [1.54, 1.807) is 4.90 Å². The van der Waals surface area contributed by atoms with Crippen LogP contribution in [0.4, 0.5) is 22.0 Å². The minimum absolute atomic E-state index is 0.0315. The molecule has 34 heavy (non-hydrogen) atoms. The normalized spacial score (nSPS) is 19.2. The molecule has 184 valence electrons. The van der Waals surface area contributed by atoms with Crippen molar-refractivity contribution in [2.75, 3.05) is 32.7 Å². The number of benzene rings is 1. The number of hydrogen-bond acceptors (Lipinski definition) is 3. The average Bonchev–Trinajstić information content (AvgIpc) is 3.35. The Kier molecular flexibility index (Phi) is 6.52. The first-order valence-electron chi connectivity index (χ1n) is 11.3. The van der Waals surface area contributed by atoms with Gasteiger partial charge in [0.25, 0.3) is 5.91 Å². The topological polar surface area (TPSA) is 53.0 Å². The molecule has 0 saturated carbocycles. The van der Waals surface area contributed by atoms with Crippen molar-refractivity contribution in [3.8, 4) is 0 Å². The summed E-state index contributed by atoms with van der Waals surface area (Å²) in [7, 11) is 0. The van der Waals surface area contributed by atoms with Gasteiger partial charge in [-0.2, -0.15) is 13.2 Å². The van der Waals surface area contributed by atoms with Crippen molar-refractivity contribution >= 4 is 17.5 Å². The number of nitrogens with zero attached hydrogens (tertiary/aromatic N) is 3. The summed E-state index contributed by atoms with van der Waals surface area (Å²) in [4.78, 5) is 33.2. The number of carbonyl (C=O) groups is 2. The Labute approximate surface area is 194 Å². The number of piperidine rings is 1. The van der Waals surface area contributed by atoms with Crippen LogP contribution in [0.25, 0.3) is 0 Å². The van der Waals surface area contributed by atoms with Crippen molar-refractivity contribution in [2.24, 2.45) is 10.9 Å². The summed E-state index contributed by atoms with van der Waals surface area (Å²) in [5.41, 5.74) is 0.189. The molecule has 1 aromatic carbocycles. The molecule has 4 rings (SSSR count). The van der Waals surface area contributed by atoms with Crippen LogP contribution in [0.3, 0.4) is 0 Å². The molecule has 1 fully saturated rings. The maximum Gasteiger partial charge on any atom is 0.419 e. The first kappa shape index (κ1) is 24.3. The van der Waals surface area contributed by atoms with Gasteiger partial charge < -0.3 is 9.80 Å². The van der Waals surface area contributed by atoms with Crippen LogP contribution >= 0.6 is 0 Å². The number of rotatable bonds is 4. The number of halogens is 5. The molecular formula is C24H26F5N3O2. The molecule has 0 aromatic heterocycles. The molecule has 3 heterocycles. The smallest absolute Gasteiger partial charge is 0.337 e. The molecule has 0 N–H and O–H groups in total. The van der Waals surface area contributed by atoms with Gasteiger partial charge in [0.05, 0.1) is 12.1 Å². The molecule has 2 amide bonds. The molecule has 1 aromatic rings. The monoisotopic (exact) mass is 483 g/mol. The second-order valence-corrected chi connectivity index (χ2v) is 9.48.